The largest absolute Gasteiger partial charge is 0.508 e. The lowest BCUT2D eigenvalue weighted by Gasteiger charge is -2.16. The molecule has 4 aromatic rings. The average Bonchev–Trinajstić information content (AvgIpc) is 3.09. The fourth-order valence-electron chi connectivity index (χ4n) is 3.28. The summed E-state index contributed by atoms with van der Waals surface area (Å²) in [5.74, 6) is 0.571. The minimum atomic E-state index is -0.387. The van der Waals surface area contributed by atoms with Gasteiger partial charge in [0.1, 0.15) is 23.4 Å². The van der Waals surface area contributed by atoms with E-state index in [4.69, 9.17) is 10.5 Å². The summed E-state index contributed by atoms with van der Waals surface area (Å²) in [6.07, 6.45) is 3.10. The minimum absolute atomic E-state index is 0.194. The molecular formula is C19H18N6O2. The molecule has 0 saturated heterocycles. The molecule has 136 valence electrons. The molecule has 3 heterocycles. The molecule has 27 heavy (non-hydrogen) atoms. The van der Waals surface area contributed by atoms with Crippen LogP contribution in [0.5, 0.6) is 5.75 Å². The first-order valence-corrected chi connectivity index (χ1v) is 8.33. The first kappa shape index (κ1) is 16.9. The molecule has 0 spiro atoms. The van der Waals surface area contributed by atoms with Crippen molar-refractivity contribution in [1.82, 2.24) is 25.4 Å². The molecule has 0 amide bonds. The molecular weight excluding hydrogens is 344 g/mol. The standard InChI is InChI=1S/C19H18N6O2/c1-10-7-8-21-18(20)14(10)16-15-13(9-22-19(15)24-25-23-16)17(27-2)11-3-5-12(26)6-4-11/h3-9,17,26H,1-2H3,(H2,20,21)(H,22,23,24). The lowest BCUT2D eigenvalue weighted by Crippen LogP contribution is -2.05. The van der Waals surface area contributed by atoms with E-state index in [1.807, 2.05) is 31.3 Å². The van der Waals surface area contributed by atoms with Gasteiger partial charge in [0.05, 0.1) is 5.39 Å². The number of nitrogens with two attached hydrogens (primary N) is 1. The number of phenols is 1. The molecule has 0 aliphatic carbocycles. The molecule has 0 bridgehead atoms. The average molecular weight is 362 g/mol. The Kier molecular flexibility index (Phi) is 4.17. The third kappa shape index (κ3) is 2.85. The highest BCUT2D eigenvalue weighted by Gasteiger charge is 2.23. The zero-order valence-corrected chi connectivity index (χ0v) is 14.8. The Morgan fingerprint density at radius 2 is 1.93 bits per heavy atom. The van der Waals surface area contributed by atoms with Crippen LogP contribution in [0.25, 0.3) is 22.3 Å². The van der Waals surface area contributed by atoms with Gasteiger partial charge in [-0.1, -0.05) is 12.1 Å². The van der Waals surface area contributed by atoms with Crippen LogP contribution in [0.1, 0.15) is 22.8 Å². The van der Waals surface area contributed by atoms with Gasteiger partial charge in [-0.05, 0) is 41.5 Å². The van der Waals surface area contributed by atoms with Crippen molar-refractivity contribution in [2.45, 2.75) is 13.0 Å². The smallest absolute Gasteiger partial charge is 0.164 e. The number of aromatic amines is 1. The van der Waals surface area contributed by atoms with Crippen LogP contribution < -0.4 is 5.73 Å². The van der Waals surface area contributed by atoms with Crippen molar-refractivity contribution in [1.29, 1.82) is 0 Å². The molecule has 1 aromatic carbocycles. The van der Waals surface area contributed by atoms with E-state index in [2.05, 4.69) is 25.4 Å². The number of hydrogen-bond acceptors (Lipinski definition) is 7. The van der Waals surface area contributed by atoms with E-state index in [9.17, 15) is 5.11 Å². The van der Waals surface area contributed by atoms with Crippen LogP contribution in [0.2, 0.25) is 0 Å². The van der Waals surface area contributed by atoms with Crippen LogP contribution in [0, 0.1) is 6.92 Å². The van der Waals surface area contributed by atoms with Gasteiger partial charge in [0.2, 0.25) is 0 Å². The van der Waals surface area contributed by atoms with Crippen LogP contribution in [-0.2, 0) is 4.74 Å². The summed E-state index contributed by atoms with van der Waals surface area (Å²) in [4.78, 5) is 7.32. The summed E-state index contributed by atoms with van der Waals surface area (Å²) >= 11 is 0. The van der Waals surface area contributed by atoms with Crippen molar-refractivity contribution < 1.29 is 9.84 Å². The van der Waals surface area contributed by atoms with E-state index in [1.54, 1.807) is 25.4 Å². The Morgan fingerprint density at radius 1 is 1.15 bits per heavy atom. The number of phenolic OH excluding ortho intramolecular Hbond substituents is 1. The summed E-state index contributed by atoms with van der Waals surface area (Å²) in [5.41, 5.74) is 10.7. The number of fused-ring (bicyclic) bond motifs is 1. The zero-order chi connectivity index (χ0) is 19.0. The van der Waals surface area contributed by atoms with Crippen molar-refractivity contribution in [2.24, 2.45) is 0 Å². The summed E-state index contributed by atoms with van der Waals surface area (Å²) in [6, 6.07) is 8.75. The van der Waals surface area contributed by atoms with Gasteiger partial charge in [0, 0.05) is 30.6 Å². The van der Waals surface area contributed by atoms with Gasteiger partial charge in [0.25, 0.3) is 0 Å². The van der Waals surface area contributed by atoms with E-state index in [-0.39, 0.29) is 11.9 Å². The number of nitrogens with zero attached hydrogens (tertiary/aromatic N) is 4. The van der Waals surface area contributed by atoms with Crippen LogP contribution >= 0.6 is 0 Å². The Morgan fingerprint density at radius 3 is 2.63 bits per heavy atom. The molecule has 0 aliphatic heterocycles. The Balaban J connectivity index is 1.96. The number of nitrogens with one attached hydrogen (secondary N) is 1. The maximum Gasteiger partial charge on any atom is 0.164 e. The topological polar surface area (TPSA) is 123 Å². The Labute approximate surface area is 155 Å². The lowest BCUT2D eigenvalue weighted by atomic mass is 9.97. The molecule has 8 nitrogen and oxygen atoms in total. The molecule has 0 fully saturated rings. The number of nitrogen functional groups attached to an aromatic ring is 1. The summed E-state index contributed by atoms with van der Waals surface area (Å²) in [7, 11) is 1.63. The summed E-state index contributed by atoms with van der Waals surface area (Å²) in [6.45, 7) is 1.95. The number of aromatic hydroxyl groups is 1. The van der Waals surface area contributed by atoms with Gasteiger partial charge in [0.15, 0.2) is 5.65 Å². The molecule has 4 N–H and O–H groups in total. The zero-order valence-electron chi connectivity index (χ0n) is 14.8. The van der Waals surface area contributed by atoms with Crippen molar-refractivity contribution in [3.63, 3.8) is 0 Å². The first-order valence-electron chi connectivity index (χ1n) is 8.33. The van der Waals surface area contributed by atoms with Crippen LogP contribution in [0.3, 0.4) is 0 Å². The van der Waals surface area contributed by atoms with E-state index in [0.29, 0.717) is 17.2 Å². The highest BCUT2D eigenvalue weighted by Crippen LogP contribution is 2.37. The minimum Gasteiger partial charge on any atom is -0.508 e. The number of aromatic nitrogens is 5. The van der Waals surface area contributed by atoms with Crippen molar-refractivity contribution in [2.75, 3.05) is 12.8 Å². The number of ether oxygens (including phenoxy) is 1. The molecule has 1 unspecified atom stereocenters. The lowest BCUT2D eigenvalue weighted by molar-refractivity contribution is 0.137. The normalized spacial score (nSPS) is 12.4. The number of hydrogen-bond donors (Lipinski definition) is 3. The molecule has 0 aliphatic rings. The van der Waals surface area contributed by atoms with Gasteiger partial charge in [-0.3, -0.25) is 0 Å². The van der Waals surface area contributed by atoms with Gasteiger partial charge in [-0.2, -0.15) is 0 Å². The fraction of sp³-hybridized carbons (Fsp3) is 0.158. The summed E-state index contributed by atoms with van der Waals surface area (Å²) < 4.78 is 5.76. The number of H-pyrrole nitrogens is 1. The van der Waals surface area contributed by atoms with E-state index in [1.165, 1.54) is 0 Å². The van der Waals surface area contributed by atoms with E-state index in [0.717, 1.165) is 27.6 Å². The number of methoxy groups -OCH3 is 1. The first-order chi connectivity index (χ1) is 13.1. The third-order valence-electron chi connectivity index (χ3n) is 4.56. The molecule has 4 rings (SSSR count). The maximum absolute atomic E-state index is 9.57. The second-order valence-electron chi connectivity index (χ2n) is 6.20. The van der Waals surface area contributed by atoms with Gasteiger partial charge >= 0.3 is 0 Å². The fourth-order valence-corrected chi connectivity index (χ4v) is 3.28. The van der Waals surface area contributed by atoms with Crippen molar-refractivity contribution in [3.05, 3.63) is 59.4 Å². The van der Waals surface area contributed by atoms with Crippen LogP contribution in [-0.4, -0.2) is 37.6 Å². The van der Waals surface area contributed by atoms with Crippen molar-refractivity contribution >= 4 is 16.9 Å². The third-order valence-corrected chi connectivity index (χ3v) is 4.56. The highest BCUT2D eigenvalue weighted by molar-refractivity contribution is 5.96. The monoisotopic (exact) mass is 362 g/mol. The Hall–Kier alpha value is -3.52. The number of anilines is 1. The molecule has 3 aromatic heterocycles. The van der Waals surface area contributed by atoms with Crippen LogP contribution in [0.4, 0.5) is 5.82 Å². The number of aryl methyl sites for hydroxylation is 1. The molecule has 1 atom stereocenters. The summed E-state index contributed by atoms with van der Waals surface area (Å²) in [5, 5.41) is 22.6. The second-order valence-corrected chi connectivity index (χ2v) is 6.20. The SMILES string of the molecule is COC(c1ccc(O)cc1)c1c[nH]c2nnnc(-c3c(C)ccnc3N)c12. The number of pyridine rings is 1. The number of rotatable bonds is 4. The second kappa shape index (κ2) is 6.65. The highest BCUT2D eigenvalue weighted by atomic mass is 16.5. The van der Waals surface area contributed by atoms with Crippen molar-refractivity contribution in [3.8, 4) is 17.0 Å². The van der Waals surface area contributed by atoms with Gasteiger partial charge in [-0.15, -0.1) is 10.2 Å². The predicted octanol–water partition coefficient (Wildman–Crippen LogP) is 2.75. The molecule has 8 heteroatoms. The van der Waals surface area contributed by atoms with Gasteiger partial charge < -0.3 is 20.6 Å². The number of benzene rings is 1. The quantitative estimate of drug-likeness (QED) is 0.510. The van der Waals surface area contributed by atoms with E-state index >= 15 is 0 Å². The van der Waals surface area contributed by atoms with Crippen LogP contribution in [0.15, 0.2) is 42.7 Å². The van der Waals surface area contributed by atoms with Gasteiger partial charge in [-0.25, -0.2) is 4.98 Å². The Bertz CT molecular complexity index is 1090. The molecule has 0 saturated carbocycles. The predicted molar refractivity (Wildman–Crippen MR) is 101 cm³/mol. The van der Waals surface area contributed by atoms with E-state index < -0.39 is 0 Å². The maximum atomic E-state index is 9.57. The molecule has 0 radical (unpaired) electrons.